The van der Waals surface area contributed by atoms with Crippen molar-refractivity contribution in [2.45, 2.75) is 69.1 Å². The van der Waals surface area contributed by atoms with Gasteiger partial charge < -0.3 is 48.5 Å². The number of hydrogen-bond donors (Lipinski definition) is 9. The van der Waals surface area contributed by atoms with Crippen molar-refractivity contribution in [1.29, 1.82) is 0 Å². The lowest BCUT2D eigenvalue weighted by molar-refractivity contribution is -0.143. The molecule has 0 aromatic heterocycles. The van der Waals surface area contributed by atoms with Gasteiger partial charge in [-0.15, -0.1) is 0 Å². The molecule has 4 amide bonds. The van der Waals surface area contributed by atoms with E-state index in [4.69, 9.17) is 17.2 Å². The fraction of sp³-hybridized carbons (Fsp3) is 0.500. The standard InChI is InChI=1S/C24H36N6O9/c25-10-2-1-3-16(22(36)29-17(24(38)39)8-9-19(27)32)28-23(37)18(12-20(33)34)30-21(35)15(26)11-13-4-6-14(31)7-5-13/h4-7,15-18,31H,1-3,8-12,25-26H2,(H2,27,32)(H,28,37)(H,29,36)(H,30,35)(H,33,34)(H,38,39). The molecule has 0 aliphatic carbocycles. The molecule has 15 nitrogen and oxygen atoms in total. The lowest BCUT2D eigenvalue weighted by atomic mass is 10.0. The van der Waals surface area contributed by atoms with E-state index in [0.717, 1.165) is 0 Å². The van der Waals surface area contributed by atoms with Gasteiger partial charge in [-0.3, -0.25) is 24.0 Å². The van der Waals surface area contributed by atoms with E-state index in [1.165, 1.54) is 12.1 Å². The summed E-state index contributed by atoms with van der Waals surface area (Å²) in [5.41, 5.74) is 17.0. The normalized spacial score (nSPS) is 13.8. The lowest BCUT2D eigenvalue weighted by Crippen LogP contribution is -2.57. The average molecular weight is 553 g/mol. The number of aliphatic carboxylic acids is 2. The van der Waals surface area contributed by atoms with E-state index < -0.39 is 66.2 Å². The molecule has 1 aromatic rings. The molecular weight excluding hydrogens is 516 g/mol. The van der Waals surface area contributed by atoms with Gasteiger partial charge in [0.1, 0.15) is 23.9 Å². The molecule has 0 aliphatic rings. The summed E-state index contributed by atoms with van der Waals surface area (Å²) < 4.78 is 0. The van der Waals surface area contributed by atoms with Crippen molar-refractivity contribution in [1.82, 2.24) is 16.0 Å². The SMILES string of the molecule is NCCCCC(NC(=O)C(CC(=O)O)NC(=O)C(N)Cc1ccc(O)cc1)C(=O)NC(CCC(N)=O)C(=O)O. The highest BCUT2D eigenvalue weighted by Gasteiger charge is 2.31. The molecule has 216 valence electrons. The van der Waals surface area contributed by atoms with E-state index in [1.807, 2.05) is 0 Å². The van der Waals surface area contributed by atoms with Gasteiger partial charge in [-0.25, -0.2) is 4.79 Å². The van der Waals surface area contributed by atoms with Crippen LogP contribution in [-0.2, 0) is 35.2 Å². The van der Waals surface area contributed by atoms with Gasteiger partial charge in [0.25, 0.3) is 0 Å². The van der Waals surface area contributed by atoms with Gasteiger partial charge in [-0.2, -0.15) is 0 Å². The van der Waals surface area contributed by atoms with Crippen molar-refractivity contribution in [2.75, 3.05) is 6.54 Å². The molecule has 1 aromatic carbocycles. The maximum absolute atomic E-state index is 13.0. The Morgan fingerprint density at radius 1 is 0.795 bits per heavy atom. The lowest BCUT2D eigenvalue weighted by Gasteiger charge is -2.24. The number of hydrogen-bond acceptors (Lipinski definition) is 9. The fourth-order valence-corrected chi connectivity index (χ4v) is 3.49. The van der Waals surface area contributed by atoms with Crippen LogP contribution in [0.2, 0.25) is 0 Å². The van der Waals surface area contributed by atoms with Gasteiger partial charge in [-0.1, -0.05) is 12.1 Å². The van der Waals surface area contributed by atoms with Crippen molar-refractivity contribution in [3.63, 3.8) is 0 Å². The maximum Gasteiger partial charge on any atom is 0.326 e. The van der Waals surface area contributed by atoms with Gasteiger partial charge >= 0.3 is 11.9 Å². The van der Waals surface area contributed by atoms with E-state index in [1.54, 1.807) is 12.1 Å². The zero-order valence-electron chi connectivity index (χ0n) is 21.3. The number of unbranched alkanes of at least 4 members (excludes halogenated alkanes) is 1. The minimum Gasteiger partial charge on any atom is -0.508 e. The molecule has 4 atom stereocenters. The quantitative estimate of drug-likeness (QED) is 0.0871. The van der Waals surface area contributed by atoms with Crippen molar-refractivity contribution in [3.05, 3.63) is 29.8 Å². The van der Waals surface area contributed by atoms with E-state index in [2.05, 4.69) is 16.0 Å². The molecule has 0 spiro atoms. The minimum atomic E-state index is -1.60. The number of carboxylic acids is 2. The van der Waals surface area contributed by atoms with Crippen LogP contribution in [-0.4, -0.2) is 81.6 Å². The number of phenols is 1. The van der Waals surface area contributed by atoms with Crippen molar-refractivity contribution in [2.24, 2.45) is 17.2 Å². The predicted molar refractivity (Wildman–Crippen MR) is 137 cm³/mol. The molecule has 39 heavy (non-hydrogen) atoms. The van der Waals surface area contributed by atoms with Crippen LogP contribution in [0.1, 0.15) is 44.1 Å². The first-order chi connectivity index (χ1) is 18.3. The summed E-state index contributed by atoms with van der Waals surface area (Å²) in [5, 5.41) is 34.9. The number of rotatable bonds is 18. The molecule has 4 unspecified atom stereocenters. The number of nitrogens with one attached hydrogen (secondary N) is 3. The molecule has 0 saturated heterocycles. The first kappa shape index (κ1) is 32.8. The highest BCUT2D eigenvalue weighted by atomic mass is 16.4. The summed E-state index contributed by atoms with van der Waals surface area (Å²) >= 11 is 0. The third-order valence-corrected chi connectivity index (χ3v) is 5.61. The van der Waals surface area contributed by atoms with Gasteiger partial charge in [0.15, 0.2) is 0 Å². The Morgan fingerprint density at radius 3 is 1.90 bits per heavy atom. The monoisotopic (exact) mass is 552 g/mol. The molecule has 0 saturated carbocycles. The van der Waals surface area contributed by atoms with Crippen LogP contribution in [0.25, 0.3) is 0 Å². The summed E-state index contributed by atoms with van der Waals surface area (Å²) in [4.78, 5) is 72.4. The summed E-state index contributed by atoms with van der Waals surface area (Å²) in [6, 6.07) is 0.368. The second-order valence-corrected chi connectivity index (χ2v) is 8.89. The molecular formula is C24H36N6O9. The van der Waals surface area contributed by atoms with E-state index in [-0.39, 0.29) is 38.0 Å². The number of benzene rings is 1. The number of phenolic OH excluding ortho intramolecular Hbond substituents is 1. The Bertz CT molecular complexity index is 1020. The van der Waals surface area contributed by atoms with E-state index >= 15 is 0 Å². The second kappa shape index (κ2) is 16.6. The average Bonchev–Trinajstić information content (AvgIpc) is 2.86. The molecule has 0 aliphatic heterocycles. The Morgan fingerprint density at radius 2 is 1.36 bits per heavy atom. The Kier molecular flexibility index (Phi) is 13.9. The van der Waals surface area contributed by atoms with Crippen molar-refractivity contribution in [3.8, 4) is 5.75 Å². The number of amides is 4. The molecule has 0 bridgehead atoms. The number of carbonyl (C=O) groups excluding carboxylic acids is 4. The third-order valence-electron chi connectivity index (χ3n) is 5.61. The van der Waals surface area contributed by atoms with Gasteiger partial charge in [-0.05, 0) is 56.3 Å². The molecule has 1 rings (SSSR count). The van der Waals surface area contributed by atoms with Crippen LogP contribution >= 0.6 is 0 Å². The summed E-state index contributed by atoms with van der Waals surface area (Å²) in [5.74, 6) is -6.30. The van der Waals surface area contributed by atoms with Crippen molar-refractivity contribution >= 4 is 35.6 Å². The molecule has 15 heteroatoms. The van der Waals surface area contributed by atoms with Crippen LogP contribution in [0.3, 0.4) is 0 Å². The minimum absolute atomic E-state index is 0.0163. The number of aromatic hydroxyl groups is 1. The molecule has 0 radical (unpaired) electrons. The first-order valence-electron chi connectivity index (χ1n) is 12.2. The second-order valence-electron chi connectivity index (χ2n) is 8.89. The first-order valence-corrected chi connectivity index (χ1v) is 12.2. The smallest absolute Gasteiger partial charge is 0.326 e. The van der Waals surface area contributed by atoms with Crippen LogP contribution in [0, 0.1) is 0 Å². The number of carboxylic acid groups (broad SMARTS) is 2. The Balaban J connectivity index is 2.98. The fourth-order valence-electron chi connectivity index (χ4n) is 3.49. The topological polar surface area (TPSA) is 277 Å². The van der Waals surface area contributed by atoms with Gasteiger partial charge in [0, 0.05) is 6.42 Å². The zero-order chi connectivity index (χ0) is 29.5. The van der Waals surface area contributed by atoms with Gasteiger partial charge in [0.05, 0.1) is 12.5 Å². The summed E-state index contributed by atoms with van der Waals surface area (Å²) in [7, 11) is 0. The van der Waals surface area contributed by atoms with Crippen LogP contribution < -0.4 is 33.2 Å². The van der Waals surface area contributed by atoms with Crippen LogP contribution in [0.4, 0.5) is 0 Å². The summed E-state index contributed by atoms with van der Waals surface area (Å²) in [6.07, 6.45) is -0.511. The molecule has 12 N–H and O–H groups in total. The van der Waals surface area contributed by atoms with Crippen LogP contribution in [0.15, 0.2) is 24.3 Å². The van der Waals surface area contributed by atoms with Crippen LogP contribution in [0.5, 0.6) is 5.75 Å². The highest BCUT2D eigenvalue weighted by molar-refractivity contribution is 5.95. The number of primary amides is 1. The third kappa shape index (κ3) is 12.7. The predicted octanol–water partition coefficient (Wildman–Crippen LogP) is -2.33. The van der Waals surface area contributed by atoms with Gasteiger partial charge in [0.2, 0.25) is 23.6 Å². The van der Waals surface area contributed by atoms with E-state index in [9.17, 15) is 44.1 Å². The Labute approximate surface area is 224 Å². The number of carbonyl (C=O) groups is 6. The summed E-state index contributed by atoms with van der Waals surface area (Å²) in [6.45, 7) is 0.287. The van der Waals surface area contributed by atoms with E-state index in [0.29, 0.717) is 18.4 Å². The largest absolute Gasteiger partial charge is 0.508 e. The number of nitrogens with two attached hydrogens (primary N) is 3. The maximum atomic E-state index is 13.0. The highest BCUT2D eigenvalue weighted by Crippen LogP contribution is 2.11. The van der Waals surface area contributed by atoms with Crippen molar-refractivity contribution < 1.29 is 44.1 Å². The molecule has 0 fully saturated rings. The zero-order valence-corrected chi connectivity index (χ0v) is 21.3. The Hall–Kier alpha value is -4.24. The molecule has 0 heterocycles.